The fourth-order valence-corrected chi connectivity index (χ4v) is 2.84. The lowest BCUT2D eigenvalue weighted by Crippen LogP contribution is -2.53. The van der Waals surface area contributed by atoms with Crippen LogP contribution < -0.4 is 5.32 Å². The standard InChI is InChI=1S/C19H17N3O2S/c1-3-10-22-18(24)16(17(23)20-19(22)25)12-15-5-4-11-21(15)14-8-6-13(2)7-9-14/h3-9,11-12H,1,10H2,2H3,(H,20,23,25)/b16-12-. The molecule has 0 bridgehead atoms. The molecule has 2 heterocycles. The molecule has 1 aliphatic heterocycles. The third-order valence-corrected chi connectivity index (χ3v) is 4.20. The second-order valence-electron chi connectivity index (χ2n) is 5.66. The molecule has 0 spiro atoms. The van der Waals surface area contributed by atoms with Crippen LogP contribution in [0.2, 0.25) is 0 Å². The Hall–Kier alpha value is -2.99. The first-order valence-corrected chi connectivity index (χ1v) is 8.16. The van der Waals surface area contributed by atoms with Crippen molar-refractivity contribution in [2.45, 2.75) is 6.92 Å². The van der Waals surface area contributed by atoms with Crippen LogP contribution in [0.4, 0.5) is 0 Å². The van der Waals surface area contributed by atoms with Gasteiger partial charge in [0.25, 0.3) is 11.8 Å². The van der Waals surface area contributed by atoms with E-state index >= 15 is 0 Å². The lowest BCUT2D eigenvalue weighted by molar-refractivity contribution is -0.128. The van der Waals surface area contributed by atoms with Crippen molar-refractivity contribution in [3.63, 3.8) is 0 Å². The molecule has 1 aliphatic rings. The number of rotatable bonds is 4. The van der Waals surface area contributed by atoms with Gasteiger partial charge in [-0.25, -0.2) is 0 Å². The zero-order valence-corrected chi connectivity index (χ0v) is 14.5. The van der Waals surface area contributed by atoms with Crippen LogP contribution in [0, 0.1) is 6.92 Å². The van der Waals surface area contributed by atoms with E-state index in [9.17, 15) is 9.59 Å². The molecule has 1 saturated heterocycles. The molecule has 25 heavy (non-hydrogen) atoms. The summed E-state index contributed by atoms with van der Waals surface area (Å²) in [7, 11) is 0. The summed E-state index contributed by atoms with van der Waals surface area (Å²) in [6.07, 6.45) is 5.03. The third-order valence-electron chi connectivity index (χ3n) is 3.88. The van der Waals surface area contributed by atoms with Crippen molar-refractivity contribution in [3.05, 3.63) is 72.1 Å². The zero-order valence-electron chi connectivity index (χ0n) is 13.7. The number of thiocarbonyl (C=S) groups is 1. The van der Waals surface area contributed by atoms with Crippen molar-refractivity contribution in [1.82, 2.24) is 14.8 Å². The lowest BCUT2D eigenvalue weighted by atomic mass is 10.1. The van der Waals surface area contributed by atoms with Gasteiger partial charge in [-0.3, -0.25) is 19.8 Å². The number of aryl methyl sites for hydroxylation is 1. The Balaban J connectivity index is 2.00. The Morgan fingerprint density at radius 2 is 1.92 bits per heavy atom. The van der Waals surface area contributed by atoms with Gasteiger partial charge in [0.2, 0.25) is 0 Å². The van der Waals surface area contributed by atoms with Gasteiger partial charge in [0.05, 0.1) is 0 Å². The fraction of sp³-hybridized carbons (Fsp3) is 0.105. The molecule has 0 radical (unpaired) electrons. The highest BCUT2D eigenvalue weighted by Crippen LogP contribution is 2.19. The molecule has 5 nitrogen and oxygen atoms in total. The molecule has 126 valence electrons. The van der Waals surface area contributed by atoms with Crippen LogP contribution in [-0.2, 0) is 9.59 Å². The number of carbonyl (C=O) groups excluding carboxylic acids is 2. The Bertz CT molecular complexity index is 894. The maximum atomic E-state index is 12.6. The molecule has 0 atom stereocenters. The van der Waals surface area contributed by atoms with Crippen molar-refractivity contribution < 1.29 is 9.59 Å². The maximum absolute atomic E-state index is 12.6. The molecule has 1 fully saturated rings. The first-order chi connectivity index (χ1) is 12.0. The molecule has 1 N–H and O–H groups in total. The molecule has 0 saturated carbocycles. The molecular formula is C19H17N3O2S. The number of hydrogen-bond donors (Lipinski definition) is 1. The highest BCUT2D eigenvalue weighted by atomic mass is 32.1. The Morgan fingerprint density at radius 1 is 1.20 bits per heavy atom. The fourth-order valence-electron chi connectivity index (χ4n) is 2.59. The molecule has 0 unspecified atom stereocenters. The van der Waals surface area contributed by atoms with Crippen LogP contribution in [0.3, 0.4) is 0 Å². The highest BCUT2D eigenvalue weighted by molar-refractivity contribution is 7.80. The quantitative estimate of drug-likeness (QED) is 0.399. The monoisotopic (exact) mass is 351 g/mol. The van der Waals surface area contributed by atoms with Crippen molar-refractivity contribution in [1.29, 1.82) is 0 Å². The van der Waals surface area contributed by atoms with Gasteiger partial charge in [-0.05, 0) is 49.5 Å². The first-order valence-electron chi connectivity index (χ1n) is 7.75. The normalized spacial score (nSPS) is 16.3. The average molecular weight is 351 g/mol. The van der Waals surface area contributed by atoms with E-state index in [4.69, 9.17) is 12.2 Å². The minimum Gasteiger partial charge on any atom is -0.317 e. The lowest BCUT2D eigenvalue weighted by Gasteiger charge is -2.27. The van der Waals surface area contributed by atoms with Crippen LogP contribution in [-0.4, -0.2) is 32.9 Å². The van der Waals surface area contributed by atoms with Crippen LogP contribution >= 0.6 is 12.2 Å². The van der Waals surface area contributed by atoms with Crippen molar-refractivity contribution in [3.8, 4) is 5.69 Å². The topological polar surface area (TPSA) is 54.3 Å². The number of hydrogen-bond acceptors (Lipinski definition) is 3. The van der Waals surface area contributed by atoms with Gasteiger partial charge in [0.1, 0.15) is 5.57 Å². The van der Waals surface area contributed by atoms with Crippen LogP contribution in [0.1, 0.15) is 11.3 Å². The van der Waals surface area contributed by atoms with E-state index < -0.39 is 11.8 Å². The summed E-state index contributed by atoms with van der Waals surface area (Å²) in [5, 5.41) is 2.64. The Labute approximate surface area is 151 Å². The summed E-state index contributed by atoms with van der Waals surface area (Å²) < 4.78 is 1.91. The number of carbonyl (C=O) groups is 2. The zero-order chi connectivity index (χ0) is 18.0. The number of nitrogens with zero attached hydrogens (tertiary/aromatic N) is 2. The number of aromatic nitrogens is 1. The predicted octanol–water partition coefficient (Wildman–Crippen LogP) is 2.60. The molecule has 3 rings (SSSR count). The van der Waals surface area contributed by atoms with Crippen molar-refractivity contribution in [2.75, 3.05) is 6.54 Å². The van der Waals surface area contributed by atoms with E-state index in [-0.39, 0.29) is 17.2 Å². The van der Waals surface area contributed by atoms with Crippen LogP contribution in [0.5, 0.6) is 0 Å². The molecule has 2 amide bonds. The Morgan fingerprint density at radius 3 is 2.60 bits per heavy atom. The smallest absolute Gasteiger partial charge is 0.266 e. The molecule has 0 aliphatic carbocycles. The number of benzene rings is 1. The Kier molecular flexibility index (Phi) is 4.63. The molecule has 1 aromatic carbocycles. The third kappa shape index (κ3) is 3.29. The minimum absolute atomic E-state index is 0.0440. The molecular weight excluding hydrogens is 334 g/mol. The second-order valence-corrected chi connectivity index (χ2v) is 6.05. The molecule has 2 aromatic rings. The SMILES string of the molecule is C=CCN1C(=O)/C(=C\c2cccn2-c2ccc(C)cc2)C(=O)NC1=S. The van der Waals surface area contributed by atoms with Crippen molar-refractivity contribution >= 4 is 35.2 Å². The maximum Gasteiger partial charge on any atom is 0.266 e. The molecule has 6 heteroatoms. The van der Waals surface area contributed by atoms with E-state index in [1.807, 2.05) is 54.1 Å². The van der Waals surface area contributed by atoms with Gasteiger partial charge in [-0.2, -0.15) is 0 Å². The number of amides is 2. The van der Waals surface area contributed by atoms with Crippen LogP contribution in [0.15, 0.2) is 60.8 Å². The van der Waals surface area contributed by atoms with Gasteiger partial charge < -0.3 is 4.57 Å². The van der Waals surface area contributed by atoms with Gasteiger partial charge in [0.15, 0.2) is 5.11 Å². The largest absolute Gasteiger partial charge is 0.317 e. The summed E-state index contributed by atoms with van der Waals surface area (Å²) >= 11 is 5.06. The van der Waals surface area contributed by atoms with Gasteiger partial charge in [-0.1, -0.05) is 23.8 Å². The second kappa shape index (κ2) is 6.86. The number of nitrogens with one attached hydrogen (secondary N) is 1. The highest BCUT2D eigenvalue weighted by Gasteiger charge is 2.32. The van der Waals surface area contributed by atoms with Crippen molar-refractivity contribution in [2.24, 2.45) is 0 Å². The predicted molar refractivity (Wildman–Crippen MR) is 101 cm³/mol. The summed E-state index contributed by atoms with van der Waals surface area (Å²) in [6, 6.07) is 11.7. The van der Waals surface area contributed by atoms with E-state index in [1.165, 1.54) is 4.90 Å². The van der Waals surface area contributed by atoms with E-state index in [0.717, 1.165) is 16.9 Å². The summed E-state index contributed by atoms with van der Waals surface area (Å²) in [6.45, 7) is 5.88. The van der Waals surface area contributed by atoms with E-state index in [2.05, 4.69) is 11.9 Å². The van der Waals surface area contributed by atoms with Gasteiger partial charge in [0, 0.05) is 24.1 Å². The van der Waals surface area contributed by atoms with E-state index in [1.54, 1.807) is 12.2 Å². The molecule has 1 aromatic heterocycles. The van der Waals surface area contributed by atoms with E-state index in [0.29, 0.717) is 0 Å². The average Bonchev–Trinajstić information content (AvgIpc) is 3.04. The summed E-state index contributed by atoms with van der Waals surface area (Å²) in [5.41, 5.74) is 2.88. The first kappa shape index (κ1) is 16.9. The minimum atomic E-state index is -0.494. The summed E-state index contributed by atoms with van der Waals surface area (Å²) in [5.74, 6) is -0.919. The van der Waals surface area contributed by atoms with Gasteiger partial charge in [-0.15, -0.1) is 6.58 Å². The summed E-state index contributed by atoms with van der Waals surface area (Å²) in [4.78, 5) is 26.2. The van der Waals surface area contributed by atoms with Crippen LogP contribution in [0.25, 0.3) is 11.8 Å². The van der Waals surface area contributed by atoms with Gasteiger partial charge >= 0.3 is 0 Å².